The molecule has 2 aromatic carbocycles. The van der Waals surface area contributed by atoms with E-state index in [4.69, 9.17) is 16.3 Å². The number of nitro groups is 1. The molecule has 0 aliphatic heterocycles. The lowest BCUT2D eigenvalue weighted by Gasteiger charge is -2.09. The predicted octanol–water partition coefficient (Wildman–Crippen LogP) is 4.59. The number of hydrogen-bond donors (Lipinski definition) is 0. The van der Waals surface area contributed by atoms with Crippen molar-refractivity contribution in [2.45, 2.75) is 0 Å². The van der Waals surface area contributed by atoms with Gasteiger partial charge in [-0.25, -0.2) is 0 Å². The Morgan fingerprint density at radius 2 is 1.81 bits per heavy atom. The van der Waals surface area contributed by atoms with Crippen molar-refractivity contribution in [2.75, 3.05) is 0 Å². The number of ether oxygens (including phenoxy) is 1. The maximum absolute atomic E-state index is 11.0. The Bertz CT molecular complexity index is 819. The topological polar surface area (TPSA) is 65.3 Å². The van der Waals surface area contributed by atoms with Gasteiger partial charge in [0, 0.05) is 28.9 Å². The molecule has 0 N–H and O–H groups in total. The molecule has 104 valence electrons. The maximum Gasteiger partial charge on any atom is 0.279 e. The minimum Gasteiger partial charge on any atom is -0.457 e. The van der Waals surface area contributed by atoms with E-state index < -0.39 is 4.92 Å². The summed E-state index contributed by atoms with van der Waals surface area (Å²) in [4.78, 5) is 14.5. The highest BCUT2D eigenvalue weighted by molar-refractivity contribution is 6.30. The van der Waals surface area contributed by atoms with Crippen molar-refractivity contribution in [3.8, 4) is 11.5 Å². The number of nitrogens with zero attached hydrogens (tertiary/aromatic N) is 2. The van der Waals surface area contributed by atoms with Crippen LogP contribution in [0.25, 0.3) is 10.8 Å². The third-order valence-corrected chi connectivity index (χ3v) is 3.25. The summed E-state index contributed by atoms with van der Waals surface area (Å²) < 4.78 is 5.77. The Labute approximate surface area is 124 Å². The molecular weight excluding hydrogens is 292 g/mol. The summed E-state index contributed by atoms with van der Waals surface area (Å²) in [6, 6.07) is 11.6. The van der Waals surface area contributed by atoms with Crippen molar-refractivity contribution in [3.05, 3.63) is 70.0 Å². The van der Waals surface area contributed by atoms with Crippen LogP contribution in [0.5, 0.6) is 11.5 Å². The molecule has 0 spiro atoms. The number of nitro benzene ring substituents is 1. The lowest BCUT2D eigenvalue weighted by molar-refractivity contribution is -0.383. The molecule has 5 nitrogen and oxygen atoms in total. The first-order valence-electron chi connectivity index (χ1n) is 6.10. The van der Waals surface area contributed by atoms with Gasteiger partial charge >= 0.3 is 0 Å². The largest absolute Gasteiger partial charge is 0.457 e. The molecule has 1 heterocycles. The van der Waals surface area contributed by atoms with E-state index in [2.05, 4.69) is 4.98 Å². The van der Waals surface area contributed by atoms with Gasteiger partial charge in [0.15, 0.2) is 0 Å². The normalized spacial score (nSPS) is 10.5. The summed E-state index contributed by atoms with van der Waals surface area (Å²) in [6.45, 7) is 0. The third kappa shape index (κ3) is 2.64. The second-order valence-corrected chi connectivity index (χ2v) is 4.75. The highest BCUT2D eigenvalue weighted by Gasteiger charge is 2.15. The van der Waals surface area contributed by atoms with Gasteiger partial charge < -0.3 is 4.74 Å². The Hall–Kier alpha value is -2.66. The SMILES string of the molecule is O=[N+]([O-])c1ccc(Oc2ccc(Cl)cc2)c2ccncc12. The average Bonchev–Trinajstić information content (AvgIpc) is 2.49. The molecule has 0 aliphatic rings. The first kappa shape index (κ1) is 13.3. The Kier molecular flexibility index (Phi) is 3.41. The highest BCUT2D eigenvalue weighted by atomic mass is 35.5. The number of hydrogen-bond acceptors (Lipinski definition) is 4. The molecule has 3 rings (SSSR count). The smallest absolute Gasteiger partial charge is 0.279 e. The molecule has 0 unspecified atom stereocenters. The lowest BCUT2D eigenvalue weighted by Crippen LogP contribution is -1.92. The van der Waals surface area contributed by atoms with Gasteiger partial charge in [0.05, 0.1) is 10.3 Å². The van der Waals surface area contributed by atoms with Crippen LogP contribution in [0.1, 0.15) is 0 Å². The molecule has 21 heavy (non-hydrogen) atoms. The van der Waals surface area contributed by atoms with E-state index in [9.17, 15) is 10.1 Å². The molecule has 0 atom stereocenters. The van der Waals surface area contributed by atoms with Crippen LogP contribution in [0.4, 0.5) is 5.69 Å². The number of aromatic nitrogens is 1. The zero-order valence-corrected chi connectivity index (χ0v) is 11.4. The van der Waals surface area contributed by atoms with Crippen LogP contribution < -0.4 is 4.74 Å². The van der Waals surface area contributed by atoms with E-state index in [1.54, 1.807) is 42.6 Å². The van der Waals surface area contributed by atoms with Crippen molar-refractivity contribution in [1.82, 2.24) is 4.98 Å². The number of rotatable bonds is 3. The molecule has 0 amide bonds. The van der Waals surface area contributed by atoms with Gasteiger partial charge in [0.1, 0.15) is 11.5 Å². The molecule has 0 bridgehead atoms. The molecule has 0 aliphatic carbocycles. The van der Waals surface area contributed by atoms with Gasteiger partial charge in [-0.1, -0.05) is 11.6 Å². The summed E-state index contributed by atoms with van der Waals surface area (Å²) in [5.41, 5.74) is 0.00144. The van der Waals surface area contributed by atoms with Crippen LogP contribution >= 0.6 is 11.6 Å². The fourth-order valence-electron chi connectivity index (χ4n) is 2.03. The van der Waals surface area contributed by atoms with Crippen LogP contribution in [-0.4, -0.2) is 9.91 Å². The van der Waals surface area contributed by atoms with Crippen molar-refractivity contribution in [1.29, 1.82) is 0 Å². The summed E-state index contributed by atoms with van der Waals surface area (Å²) in [6.07, 6.45) is 3.03. The third-order valence-electron chi connectivity index (χ3n) is 2.99. The number of pyridine rings is 1. The molecule has 0 saturated heterocycles. The predicted molar refractivity (Wildman–Crippen MR) is 79.9 cm³/mol. The Balaban J connectivity index is 2.09. The summed E-state index contributed by atoms with van der Waals surface area (Å²) in [5.74, 6) is 1.13. The minimum atomic E-state index is -0.434. The standard InChI is InChI=1S/C15H9ClN2O3/c16-10-1-3-11(4-2-10)21-15-6-5-14(18(19)20)13-9-17-8-7-12(13)15/h1-9H. The van der Waals surface area contributed by atoms with E-state index in [1.165, 1.54) is 12.3 Å². The van der Waals surface area contributed by atoms with Crippen molar-refractivity contribution < 1.29 is 9.66 Å². The Morgan fingerprint density at radius 3 is 2.52 bits per heavy atom. The summed E-state index contributed by atoms with van der Waals surface area (Å²) >= 11 is 5.83. The minimum absolute atomic E-state index is 0.00144. The van der Waals surface area contributed by atoms with Crippen molar-refractivity contribution in [3.63, 3.8) is 0 Å². The number of benzene rings is 2. The monoisotopic (exact) mass is 300 g/mol. The molecule has 1 aromatic heterocycles. The molecular formula is C15H9ClN2O3. The second-order valence-electron chi connectivity index (χ2n) is 4.32. The Morgan fingerprint density at radius 1 is 1.05 bits per heavy atom. The van der Waals surface area contributed by atoms with Crippen LogP contribution in [0.3, 0.4) is 0 Å². The van der Waals surface area contributed by atoms with Gasteiger partial charge in [0.2, 0.25) is 0 Å². The molecule has 0 fully saturated rings. The highest BCUT2D eigenvalue weighted by Crippen LogP contribution is 2.34. The van der Waals surface area contributed by atoms with Gasteiger partial charge in [-0.3, -0.25) is 15.1 Å². The van der Waals surface area contributed by atoms with Crippen LogP contribution in [-0.2, 0) is 0 Å². The van der Waals surface area contributed by atoms with Crippen LogP contribution in [0, 0.1) is 10.1 Å². The number of halogens is 1. The summed E-state index contributed by atoms with van der Waals surface area (Å²) in [5, 5.41) is 12.7. The summed E-state index contributed by atoms with van der Waals surface area (Å²) in [7, 11) is 0. The fraction of sp³-hybridized carbons (Fsp3) is 0. The van der Waals surface area contributed by atoms with E-state index in [1.807, 2.05) is 0 Å². The van der Waals surface area contributed by atoms with Crippen molar-refractivity contribution in [2.24, 2.45) is 0 Å². The van der Waals surface area contributed by atoms with E-state index >= 15 is 0 Å². The van der Waals surface area contributed by atoms with Gasteiger partial charge in [-0.2, -0.15) is 0 Å². The van der Waals surface area contributed by atoms with Crippen LogP contribution in [0.15, 0.2) is 54.9 Å². The van der Waals surface area contributed by atoms with Crippen molar-refractivity contribution >= 4 is 28.1 Å². The zero-order chi connectivity index (χ0) is 14.8. The second kappa shape index (κ2) is 5.38. The maximum atomic E-state index is 11.0. The van der Waals surface area contributed by atoms with Crippen LogP contribution in [0.2, 0.25) is 5.02 Å². The molecule has 3 aromatic rings. The van der Waals surface area contributed by atoms with Gasteiger partial charge in [-0.05, 0) is 36.4 Å². The van der Waals surface area contributed by atoms with E-state index in [0.717, 1.165) is 0 Å². The zero-order valence-electron chi connectivity index (χ0n) is 10.7. The first-order chi connectivity index (χ1) is 10.1. The lowest BCUT2D eigenvalue weighted by atomic mass is 10.1. The number of fused-ring (bicyclic) bond motifs is 1. The fourth-order valence-corrected chi connectivity index (χ4v) is 2.15. The molecule has 0 radical (unpaired) electrons. The number of non-ortho nitro benzene ring substituents is 1. The molecule has 6 heteroatoms. The molecule has 0 saturated carbocycles. The quantitative estimate of drug-likeness (QED) is 0.524. The first-order valence-corrected chi connectivity index (χ1v) is 6.47. The van der Waals surface area contributed by atoms with Gasteiger partial charge in [0.25, 0.3) is 5.69 Å². The van der Waals surface area contributed by atoms with E-state index in [0.29, 0.717) is 27.3 Å². The van der Waals surface area contributed by atoms with E-state index in [-0.39, 0.29) is 5.69 Å². The van der Waals surface area contributed by atoms with Gasteiger partial charge in [-0.15, -0.1) is 0 Å². The average molecular weight is 301 g/mol.